The Bertz CT molecular complexity index is 1030. The number of fused-ring (bicyclic) bond motifs is 3. The third kappa shape index (κ3) is 5.82. The normalized spacial score (nSPS) is 19.8. The largest absolute Gasteiger partial charge is 0.481 e. The number of methoxy groups -OCH3 is 1. The van der Waals surface area contributed by atoms with E-state index in [1.54, 1.807) is 0 Å². The van der Waals surface area contributed by atoms with Crippen LogP contribution in [-0.2, 0) is 19.1 Å². The first-order valence-electron chi connectivity index (χ1n) is 12.1. The molecule has 8 nitrogen and oxygen atoms in total. The predicted octanol–water partition coefficient (Wildman–Crippen LogP) is 3.69. The van der Waals surface area contributed by atoms with Gasteiger partial charge in [0.2, 0.25) is 5.91 Å². The summed E-state index contributed by atoms with van der Waals surface area (Å²) in [5.74, 6) is -1.72. The van der Waals surface area contributed by atoms with Gasteiger partial charge in [-0.2, -0.15) is 0 Å². The number of aliphatic carboxylic acids is 1. The van der Waals surface area contributed by atoms with Crippen molar-refractivity contribution < 1.29 is 29.0 Å². The highest BCUT2D eigenvalue weighted by molar-refractivity contribution is 5.86. The molecule has 0 spiro atoms. The minimum atomic E-state index is -0.837. The second-order valence-electron chi connectivity index (χ2n) is 9.21. The number of rotatable bonds is 9. The van der Waals surface area contributed by atoms with Gasteiger partial charge in [-0.15, -0.1) is 0 Å². The summed E-state index contributed by atoms with van der Waals surface area (Å²) in [5, 5.41) is 14.9. The lowest BCUT2D eigenvalue weighted by Gasteiger charge is -2.29. The van der Waals surface area contributed by atoms with Crippen molar-refractivity contribution >= 4 is 18.0 Å². The fourth-order valence-electron chi connectivity index (χ4n) is 5.13. The number of carboxylic acids is 1. The number of hydrogen-bond donors (Lipinski definition) is 3. The summed E-state index contributed by atoms with van der Waals surface area (Å²) in [6.07, 6.45) is 2.08. The first-order chi connectivity index (χ1) is 17.0. The van der Waals surface area contributed by atoms with Crippen LogP contribution in [0.25, 0.3) is 11.1 Å². The van der Waals surface area contributed by atoms with E-state index in [9.17, 15) is 19.5 Å². The number of nitrogens with one attached hydrogen (secondary N) is 2. The van der Waals surface area contributed by atoms with Crippen molar-refractivity contribution in [3.05, 3.63) is 59.7 Å². The number of ether oxygens (including phenoxy) is 2. The van der Waals surface area contributed by atoms with E-state index in [-0.39, 0.29) is 37.5 Å². The van der Waals surface area contributed by atoms with Gasteiger partial charge in [-0.25, -0.2) is 4.79 Å². The maximum Gasteiger partial charge on any atom is 0.407 e. The van der Waals surface area contributed by atoms with Gasteiger partial charge in [-0.3, -0.25) is 9.59 Å². The molecule has 3 N–H and O–H groups in total. The molecule has 1 fully saturated rings. The van der Waals surface area contributed by atoms with Crippen molar-refractivity contribution in [2.75, 3.05) is 20.3 Å². The number of alkyl carbamates (subject to hydrolysis) is 1. The van der Waals surface area contributed by atoms with Crippen molar-refractivity contribution in [2.24, 2.45) is 5.92 Å². The third-order valence-electron chi connectivity index (χ3n) is 6.93. The molecule has 1 saturated carbocycles. The summed E-state index contributed by atoms with van der Waals surface area (Å²) in [6, 6.07) is 15.1. The number of amides is 2. The SMILES string of the molecule is COCCC(NC(=O)OCC1c2ccccc2-c2ccccc21)C(=O)N[C@@H]1CCC[C@H](C(=O)O)C1. The molecule has 0 bridgehead atoms. The van der Waals surface area contributed by atoms with Crippen molar-refractivity contribution in [1.29, 1.82) is 0 Å². The number of carbonyl (C=O) groups is 3. The quantitative estimate of drug-likeness (QED) is 0.504. The molecule has 0 saturated heterocycles. The van der Waals surface area contributed by atoms with Gasteiger partial charge in [0.05, 0.1) is 5.92 Å². The Balaban J connectivity index is 1.36. The summed E-state index contributed by atoms with van der Waals surface area (Å²) in [7, 11) is 1.53. The van der Waals surface area contributed by atoms with Crippen LogP contribution in [0.2, 0.25) is 0 Å². The minimum Gasteiger partial charge on any atom is -0.481 e. The summed E-state index contributed by atoms with van der Waals surface area (Å²) in [5.41, 5.74) is 4.50. The molecule has 2 aromatic carbocycles. The Morgan fingerprint density at radius 3 is 2.31 bits per heavy atom. The van der Waals surface area contributed by atoms with Crippen LogP contribution in [-0.4, -0.2) is 55.5 Å². The second kappa shape index (κ2) is 11.4. The summed E-state index contributed by atoms with van der Waals surface area (Å²) >= 11 is 0. The molecule has 2 aromatic rings. The van der Waals surface area contributed by atoms with Crippen molar-refractivity contribution in [3.8, 4) is 11.1 Å². The monoisotopic (exact) mass is 480 g/mol. The van der Waals surface area contributed by atoms with Crippen molar-refractivity contribution in [1.82, 2.24) is 10.6 Å². The zero-order chi connectivity index (χ0) is 24.8. The van der Waals surface area contributed by atoms with Crippen LogP contribution in [0.1, 0.15) is 49.1 Å². The van der Waals surface area contributed by atoms with Gasteiger partial charge in [0.15, 0.2) is 0 Å². The summed E-state index contributed by atoms with van der Waals surface area (Å²) < 4.78 is 10.7. The van der Waals surface area contributed by atoms with Gasteiger partial charge in [0, 0.05) is 32.1 Å². The van der Waals surface area contributed by atoms with Crippen LogP contribution < -0.4 is 10.6 Å². The van der Waals surface area contributed by atoms with Gasteiger partial charge in [0.25, 0.3) is 0 Å². The van der Waals surface area contributed by atoms with Gasteiger partial charge >= 0.3 is 12.1 Å². The Morgan fingerprint density at radius 2 is 1.69 bits per heavy atom. The fourth-order valence-corrected chi connectivity index (χ4v) is 5.13. The summed E-state index contributed by atoms with van der Waals surface area (Å²) in [4.78, 5) is 37.0. The first-order valence-corrected chi connectivity index (χ1v) is 12.1. The fraction of sp³-hybridized carbons (Fsp3) is 0.444. The van der Waals surface area contributed by atoms with Crippen LogP contribution in [0.3, 0.4) is 0 Å². The molecule has 186 valence electrons. The lowest BCUT2D eigenvalue weighted by molar-refractivity contribution is -0.143. The van der Waals surface area contributed by atoms with Gasteiger partial charge in [-0.1, -0.05) is 55.0 Å². The van der Waals surface area contributed by atoms with Crippen LogP contribution in [0, 0.1) is 5.92 Å². The van der Waals surface area contributed by atoms with Crippen molar-refractivity contribution in [2.45, 2.75) is 50.1 Å². The topological polar surface area (TPSA) is 114 Å². The molecule has 0 heterocycles. The Morgan fingerprint density at radius 1 is 1.03 bits per heavy atom. The first kappa shape index (κ1) is 24.7. The lowest BCUT2D eigenvalue weighted by Crippen LogP contribution is -2.51. The molecule has 8 heteroatoms. The van der Waals surface area contributed by atoms with Crippen LogP contribution in [0.4, 0.5) is 4.79 Å². The molecular weight excluding hydrogens is 448 g/mol. The maximum atomic E-state index is 12.9. The maximum absolute atomic E-state index is 12.9. The van der Waals surface area contributed by atoms with Crippen LogP contribution in [0.15, 0.2) is 48.5 Å². The molecule has 1 unspecified atom stereocenters. The Hall–Kier alpha value is -3.39. The molecular formula is C27H32N2O6. The number of benzene rings is 2. The number of carboxylic acid groups (broad SMARTS) is 1. The molecule has 0 radical (unpaired) electrons. The van der Waals surface area contributed by atoms with E-state index in [0.29, 0.717) is 12.8 Å². The lowest BCUT2D eigenvalue weighted by atomic mass is 9.85. The Labute approximate surface area is 205 Å². The van der Waals surface area contributed by atoms with E-state index >= 15 is 0 Å². The van der Waals surface area contributed by atoms with Crippen LogP contribution >= 0.6 is 0 Å². The molecule has 2 amide bonds. The van der Waals surface area contributed by atoms with E-state index in [4.69, 9.17) is 9.47 Å². The molecule has 4 rings (SSSR count). The van der Waals surface area contributed by atoms with Gasteiger partial charge < -0.3 is 25.2 Å². The Kier molecular flexibility index (Phi) is 8.02. The molecule has 0 aliphatic heterocycles. The molecule has 0 aromatic heterocycles. The average Bonchev–Trinajstić information content (AvgIpc) is 3.19. The van der Waals surface area contributed by atoms with Gasteiger partial charge in [-0.05, 0) is 41.5 Å². The second-order valence-corrected chi connectivity index (χ2v) is 9.21. The predicted molar refractivity (Wildman–Crippen MR) is 130 cm³/mol. The molecule has 3 atom stereocenters. The highest BCUT2D eigenvalue weighted by atomic mass is 16.5. The van der Waals surface area contributed by atoms with E-state index in [0.717, 1.165) is 35.1 Å². The van der Waals surface area contributed by atoms with Crippen molar-refractivity contribution in [3.63, 3.8) is 0 Å². The van der Waals surface area contributed by atoms with E-state index in [2.05, 4.69) is 22.8 Å². The molecule has 2 aliphatic rings. The zero-order valence-corrected chi connectivity index (χ0v) is 19.9. The highest BCUT2D eigenvalue weighted by Crippen LogP contribution is 2.44. The minimum absolute atomic E-state index is 0.0745. The van der Waals surface area contributed by atoms with Gasteiger partial charge in [0.1, 0.15) is 12.6 Å². The average molecular weight is 481 g/mol. The smallest absolute Gasteiger partial charge is 0.407 e. The van der Waals surface area contributed by atoms with Crippen LogP contribution in [0.5, 0.6) is 0 Å². The van der Waals surface area contributed by atoms with E-state index in [1.165, 1.54) is 7.11 Å². The summed E-state index contributed by atoms with van der Waals surface area (Å²) in [6.45, 7) is 0.436. The van der Waals surface area contributed by atoms with E-state index in [1.807, 2.05) is 36.4 Å². The zero-order valence-electron chi connectivity index (χ0n) is 19.9. The number of carbonyl (C=O) groups excluding carboxylic acids is 2. The standard InChI is InChI=1S/C27H32N2O6/c1-34-14-13-24(25(30)28-18-8-6-7-17(15-18)26(31)32)29-27(33)35-16-23-21-11-4-2-9-19(21)20-10-3-5-12-22(20)23/h2-5,9-12,17-18,23-24H,6-8,13-16H2,1H3,(H,28,30)(H,29,33)(H,31,32)/t17-,18+,24?/m0/s1. The molecule has 35 heavy (non-hydrogen) atoms. The van der Waals surface area contributed by atoms with E-state index < -0.39 is 24.0 Å². The molecule has 2 aliphatic carbocycles. The highest BCUT2D eigenvalue weighted by Gasteiger charge is 2.32. The third-order valence-corrected chi connectivity index (χ3v) is 6.93. The number of hydrogen-bond acceptors (Lipinski definition) is 5.